The smallest absolute Gasteiger partial charge is 0.399 e. The molecule has 4 rings (SSSR count). The Morgan fingerprint density at radius 2 is 1.57 bits per heavy atom. The molecular weight excluding hydrogens is 285 g/mol. The molecule has 2 unspecified atom stereocenters. The minimum Gasteiger partial charge on any atom is -0.399 e. The van der Waals surface area contributed by atoms with Gasteiger partial charge in [0.1, 0.15) is 0 Å². The number of hydrogen-bond donors (Lipinski definition) is 0. The van der Waals surface area contributed by atoms with E-state index in [1.54, 1.807) is 0 Å². The van der Waals surface area contributed by atoms with Crippen LogP contribution >= 0.6 is 0 Å². The van der Waals surface area contributed by atoms with Crippen molar-refractivity contribution in [2.75, 3.05) is 4.90 Å². The molecule has 0 radical (unpaired) electrons. The maximum absolute atomic E-state index is 6.22. The molecule has 0 amide bonds. The Morgan fingerprint density at radius 1 is 0.957 bits per heavy atom. The van der Waals surface area contributed by atoms with Crippen molar-refractivity contribution < 1.29 is 9.31 Å². The first-order valence-corrected chi connectivity index (χ1v) is 9.11. The van der Waals surface area contributed by atoms with Crippen LogP contribution in [0.3, 0.4) is 0 Å². The Morgan fingerprint density at radius 3 is 2.17 bits per heavy atom. The van der Waals surface area contributed by atoms with Gasteiger partial charge in [-0.1, -0.05) is 12.1 Å². The van der Waals surface area contributed by atoms with Gasteiger partial charge in [0.25, 0.3) is 0 Å². The van der Waals surface area contributed by atoms with E-state index in [2.05, 4.69) is 56.9 Å². The molecule has 0 saturated carbocycles. The molecule has 0 N–H and O–H groups in total. The van der Waals surface area contributed by atoms with Crippen LogP contribution in [0, 0.1) is 0 Å². The second-order valence-corrected chi connectivity index (χ2v) is 8.41. The lowest BCUT2D eigenvalue weighted by Gasteiger charge is -2.37. The van der Waals surface area contributed by atoms with Crippen LogP contribution in [0.15, 0.2) is 24.3 Å². The third-order valence-electron chi connectivity index (χ3n) is 6.39. The number of fused-ring (bicyclic) bond motifs is 2. The van der Waals surface area contributed by atoms with Crippen molar-refractivity contribution in [3.63, 3.8) is 0 Å². The van der Waals surface area contributed by atoms with Crippen LogP contribution < -0.4 is 10.4 Å². The van der Waals surface area contributed by atoms with Crippen LogP contribution in [0.5, 0.6) is 0 Å². The second kappa shape index (κ2) is 5.25. The molecule has 3 saturated heterocycles. The molecule has 2 atom stereocenters. The normalized spacial score (nSPS) is 31.7. The predicted molar refractivity (Wildman–Crippen MR) is 95.3 cm³/mol. The summed E-state index contributed by atoms with van der Waals surface area (Å²) in [7, 11) is -0.262. The van der Waals surface area contributed by atoms with E-state index in [0.29, 0.717) is 0 Å². The molecule has 3 heterocycles. The van der Waals surface area contributed by atoms with Crippen LogP contribution in [0.2, 0.25) is 0 Å². The fourth-order valence-electron chi connectivity index (χ4n) is 4.35. The van der Waals surface area contributed by atoms with Crippen LogP contribution in [-0.2, 0) is 9.31 Å². The molecule has 3 aliphatic rings. The summed E-state index contributed by atoms with van der Waals surface area (Å²) in [5.41, 5.74) is 1.94. The highest BCUT2D eigenvalue weighted by molar-refractivity contribution is 6.62. The van der Waals surface area contributed by atoms with Crippen molar-refractivity contribution in [2.45, 2.75) is 83.1 Å². The minimum atomic E-state index is -0.280. The Hall–Kier alpha value is -0.995. The van der Waals surface area contributed by atoms with E-state index in [1.807, 2.05) is 0 Å². The minimum absolute atomic E-state index is 0.262. The van der Waals surface area contributed by atoms with Crippen molar-refractivity contribution in [3.05, 3.63) is 24.3 Å². The van der Waals surface area contributed by atoms with Gasteiger partial charge < -0.3 is 14.2 Å². The van der Waals surface area contributed by atoms with Crippen LogP contribution in [0.1, 0.15) is 59.8 Å². The van der Waals surface area contributed by atoms with E-state index >= 15 is 0 Å². The van der Waals surface area contributed by atoms with Crippen molar-refractivity contribution in [2.24, 2.45) is 0 Å². The number of piperidine rings is 1. The van der Waals surface area contributed by atoms with Crippen molar-refractivity contribution >= 4 is 18.3 Å². The van der Waals surface area contributed by atoms with Gasteiger partial charge in [0.05, 0.1) is 11.2 Å². The van der Waals surface area contributed by atoms with Gasteiger partial charge in [0.2, 0.25) is 0 Å². The average Bonchev–Trinajstić information content (AvgIpc) is 2.88. The van der Waals surface area contributed by atoms with Crippen LogP contribution in [-0.4, -0.2) is 30.4 Å². The molecule has 3 aliphatic heterocycles. The van der Waals surface area contributed by atoms with Gasteiger partial charge in [-0.15, -0.1) is 0 Å². The quantitative estimate of drug-likeness (QED) is 0.780. The largest absolute Gasteiger partial charge is 0.494 e. The number of benzene rings is 1. The predicted octanol–water partition coefficient (Wildman–Crippen LogP) is 3.51. The highest BCUT2D eigenvalue weighted by Gasteiger charge is 2.51. The summed E-state index contributed by atoms with van der Waals surface area (Å²) in [4.78, 5) is 2.66. The fraction of sp³-hybridized carbons (Fsp3) is 0.684. The summed E-state index contributed by atoms with van der Waals surface area (Å²) >= 11 is 0. The molecule has 1 aromatic carbocycles. The zero-order valence-corrected chi connectivity index (χ0v) is 14.8. The zero-order chi connectivity index (χ0) is 16.2. The molecule has 124 valence electrons. The monoisotopic (exact) mass is 313 g/mol. The first-order valence-electron chi connectivity index (χ1n) is 9.11. The first-order chi connectivity index (χ1) is 10.9. The van der Waals surface area contributed by atoms with E-state index in [-0.39, 0.29) is 18.3 Å². The molecular formula is C19H28BNO2. The van der Waals surface area contributed by atoms with Gasteiger partial charge >= 0.3 is 7.12 Å². The van der Waals surface area contributed by atoms with Gasteiger partial charge in [0.15, 0.2) is 0 Å². The lowest BCUT2D eigenvalue weighted by atomic mass is 9.79. The van der Waals surface area contributed by atoms with Crippen LogP contribution in [0.4, 0.5) is 5.69 Å². The van der Waals surface area contributed by atoms with E-state index in [9.17, 15) is 0 Å². The lowest BCUT2D eigenvalue weighted by Crippen LogP contribution is -2.41. The average molecular weight is 313 g/mol. The number of hydrogen-bond acceptors (Lipinski definition) is 3. The highest BCUT2D eigenvalue weighted by Crippen LogP contribution is 2.40. The summed E-state index contributed by atoms with van der Waals surface area (Å²) < 4.78 is 12.4. The molecule has 3 fully saturated rings. The molecule has 0 aromatic heterocycles. The van der Waals surface area contributed by atoms with Crippen molar-refractivity contribution in [3.8, 4) is 0 Å². The van der Waals surface area contributed by atoms with E-state index in [4.69, 9.17) is 9.31 Å². The summed E-state index contributed by atoms with van der Waals surface area (Å²) in [5.74, 6) is 0. The fourth-order valence-corrected chi connectivity index (χ4v) is 4.35. The summed E-state index contributed by atoms with van der Waals surface area (Å²) in [5, 5.41) is 0. The van der Waals surface area contributed by atoms with Crippen molar-refractivity contribution in [1.82, 2.24) is 0 Å². The number of rotatable bonds is 2. The Kier molecular flexibility index (Phi) is 3.55. The van der Waals surface area contributed by atoms with Gasteiger partial charge in [-0.3, -0.25) is 0 Å². The molecule has 0 spiro atoms. The third kappa shape index (κ3) is 2.51. The lowest BCUT2D eigenvalue weighted by molar-refractivity contribution is 0.00578. The summed E-state index contributed by atoms with van der Waals surface area (Å²) in [6, 6.07) is 10.3. The van der Waals surface area contributed by atoms with E-state index in [1.165, 1.54) is 37.8 Å². The molecule has 23 heavy (non-hydrogen) atoms. The maximum Gasteiger partial charge on any atom is 0.494 e. The molecule has 3 nitrogen and oxygen atoms in total. The SMILES string of the molecule is CC1(C)OB(c2cccc(N3C4CCCC3CC4)c2)OC1(C)C. The molecule has 2 bridgehead atoms. The molecule has 4 heteroatoms. The molecule has 1 aromatic rings. The Bertz CT molecular complexity index is 569. The van der Waals surface area contributed by atoms with E-state index in [0.717, 1.165) is 17.5 Å². The van der Waals surface area contributed by atoms with Gasteiger partial charge in [0, 0.05) is 17.8 Å². The van der Waals surface area contributed by atoms with Gasteiger partial charge in [-0.25, -0.2) is 0 Å². The van der Waals surface area contributed by atoms with Gasteiger partial charge in [-0.2, -0.15) is 0 Å². The first kappa shape index (κ1) is 15.5. The summed E-state index contributed by atoms with van der Waals surface area (Å²) in [6.45, 7) is 8.45. The second-order valence-electron chi connectivity index (χ2n) is 8.41. The third-order valence-corrected chi connectivity index (χ3v) is 6.39. The van der Waals surface area contributed by atoms with Crippen LogP contribution in [0.25, 0.3) is 0 Å². The Balaban J connectivity index is 1.61. The van der Waals surface area contributed by atoms with Gasteiger partial charge in [-0.05, 0) is 77.4 Å². The zero-order valence-electron chi connectivity index (χ0n) is 14.8. The van der Waals surface area contributed by atoms with E-state index < -0.39 is 0 Å². The number of nitrogens with zero attached hydrogens (tertiary/aromatic N) is 1. The molecule has 0 aliphatic carbocycles. The maximum atomic E-state index is 6.22. The Labute approximate surface area is 140 Å². The topological polar surface area (TPSA) is 21.7 Å². The highest BCUT2D eigenvalue weighted by atomic mass is 16.7. The van der Waals surface area contributed by atoms with Crippen molar-refractivity contribution in [1.29, 1.82) is 0 Å². The standard InChI is InChI=1S/C19H28BNO2/c1-18(2)19(3,4)23-20(22-18)14-7-5-10-17(13-14)21-15-8-6-9-16(21)12-11-15/h5,7,10,13,15-16H,6,8-9,11-12H2,1-4H3. The summed E-state index contributed by atoms with van der Waals surface area (Å²) in [6.07, 6.45) is 6.79. The number of anilines is 1.